The molecule has 2 rings (SSSR count). The van der Waals surface area contributed by atoms with E-state index >= 15 is 0 Å². The SMILES string of the molecule is NCCN(CC(=O)N1CCCCCC1)C1CC1. The van der Waals surface area contributed by atoms with Gasteiger partial charge in [-0.15, -0.1) is 0 Å². The molecule has 0 unspecified atom stereocenters. The normalized spacial score (nSPS) is 21.6. The van der Waals surface area contributed by atoms with Crippen molar-refractivity contribution in [1.82, 2.24) is 9.80 Å². The minimum absolute atomic E-state index is 0.312. The lowest BCUT2D eigenvalue weighted by Crippen LogP contribution is -2.43. The number of carbonyl (C=O) groups excluding carboxylic acids is 1. The highest BCUT2D eigenvalue weighted by molar-refractivity contribution is 5.78. The number of carbonyl (C=O) groups is 1. The second-order valence-electron chi connectivity index (χ2n) is 5.29. The van der Waals surface area contributed by atoms with Gasteiger partial charge < -0.3 is 10.6 Å². The van der Waals surface area contributed by atoms with E-state index in [-0.39, 0.29) is 0 Å². The van der Waals surface area contributed by atoms with Gasteiger partial charge in [0.05, 0.1) is 6.54 Å². The van der Waals surface area contributed by atoms with Crippen molar-refractivity contribution in [2.75, 3.05) is 32.7 Å². The first-order valence-corrected chi connectivity index (χ1v) is 7.03. The highest BCUT2D eigenvalue weighted by atomic mass is 16.2. The summed E-state index contributed by atoms with van der Waals surface area (Å²) in [6, 6.07) is 0.634. The van der Waals surface area contributed by atoms with Gasteiger partial charge in [0.1, 0.15) is 0 Å². The number of rotatable bonds is 5. The Kier molecular flexibility index (Phi) is 4.80. The van der Waals surface area contributed by atoms with Crippen LogP contribution in [0, 0.1) is 0 Å². The van der Waals surface area contributed by atoms with Gasteiger partial charge in [0.2, 0.25) is 5.91 Å². The second-order valence-corrected chi connectivity index (χ2v) is 5.29. The zero-order chi connectivity index (χ0) is 12.1. The van der Waals surface area contributed by atoms with Crippen molar-refractivity contribution in [2.45, 2.75) is 44.6 Å². The topological polar surface area (TPSA) is 49.6 Å². The lowest BCUT2D eigenvalue weighted by Gasteiger charge is -2.26. The summed E-state index contributed by atoms with van der Waals surface area (Å²) in [5.74, 6) is 0.312. The van der Waals surface area contributed by atoms with Crippen LogP contribution in [0.3, 0.4) is 0 Å². The maximum absolute atomic E-state index is 12.2. The van der Waals surface area contributed by atoms with Gasteiger partial charge >= 0.3 is 0 Å². The standard InChI is InChI=1S/C13H25N3O/c14-7-10-16(12-5-6-12)11-13(17)15-8-3-1-2-4-9-15/h12H,1-11,14H2. The molecular formula is C13H25N3O. The molecule has 1 amide bonds. The molecule has 2 N–H and O–H groups in total. The minimum Gasteiger partial charge on any atom is -0.342 e. The van der Waals surface area contributed by atoms with Crippen LogP contribution in [0.4, 0.5) is 0 Å². The molecule has 0 spiro atoms. The maximum atomic E-state index is 12.2. The highest BCUT2D eigenvalue weighted by Crippen LogP contribution is 2.26. The van der Waals surface area contributed by atoms with Gasteiger partial charge in [0.15, 0.2) is 0 Å². The van der Waals surface area contributed by atoms with E-state index in [1.54, 1.807) is 0 Å². The molecule has 1 aliphatic heterocycles. The van der Waals surface area contributed by atoms with Crippen LogP contribution in [0.5, 0.6) is 0 Å². The van der Waals surface area contributed by atoms with E-state index in [4.69, 9.17) is 5.73 Å². The minimum atomic E-state index is 0.312. The van der Waals surface area contributed by atoms with Crippen LogP contribution < -0.4 is 5.73 Å². The van der Waals surface area contributed by atoms with Crippen molar-refractivity contribution in [3.63, 3.8) is 0 Å². The zero-order valence-corrected chi connectivity index (χ0v) is 10.7. The summed E-state index contributed by atoms with van der Waals surface area (Å²) in [6.07, 6.45) is 7.39. The lowest BCUT2D eigenvalue weighted by molar-refractivity contribution is -0.132. The van der Waals surface area contributed by atoms with E-state index in [0.29, 0.717) is 25.0 Å². The molecule has 0 aromatic rings. The molecule has 17 heavy (non-hydrogen) atoms. The molecule has 2 aliphatic rings. The van der Waals surface area contributed by atoms with Crippen molar-refractivity contribution in [3.8, 4) is 0 Å². The Bertz CT molecular complexity index is 245. The van der Waals surface area contributed by atoms with Crippen molar-refractivity contribution < 1.29 is 4.79 Å². The quantitative estimate of drug-likeness (QED) is 0.772. The number of nitrogens with two attached hydrogens (primary N) is 1. The monoisotopic (exact) mass is 239 g/mol. The number of likely N-dealkylation sites (tertiary alicyclic amines) is 1. The number of hydrogen-bond donors (Lipinski definition) is 1. The zero-order valence-electron chi connectivity index (χ0n) is 10.7. The number of hydrogen-bond acceptors (Lipinski definition) is 3. The van der Waals surface area contributed by atoms with Crippen LogP contribution in [-0.2, 0) is 4.79 Å². The van der Waals surface area contributed by atoms with E-state index in [1.807, 2.05) is 0 Å². The van der Waals surface area contributed by atoms with Crippen molar-refractivity contribution in [3.05, 3.63) is 0 Å². The van der Waals surface area contributed by atoms with Crippen molar-refractivity contribution >= 4 is 5.91 Å². The Labute approximate surface area is 104 Å². The predicted octanol–water partition coefficient (Wildman–Crippen LogP) is 0.812. The summed E-state index contributed by atoms with van der Waals surface area (Å²) in [5, 5.41) is 0. The first-order valence-electron chi connectivity index (χ1n) is 7.03. The molecule has 1 saturated heterocycles. The Morgan fingerprint density at radius 2 is 1.82 bits per heavy atom. The van der Waals surface area contributed by atoms with Crippen LogP contribution in [0.15, 0.2) is 0 Å². The Morgan fingerprint density at radius 3 is 2.35 bits per heavy atom. The van der Waals surface area contributed by atoms with Gasteiger partial charge in [-0.2, -0.15) is 0 Å². The average Bonchev–Trinajstić information content (AvgIpc) is 3.15. The molecule has 4 nitrogen and oxygen atoms in total. The van der Waals surface area contributed by atoms with Crippen LogP contribution in [-0.4, -0.2) is 54.5 Å². The molecule has 2 fully saturated rings. The molecule has 4 heteroatoms. The number of nitrogens with zero attached hydrogens (tertiary/aromatic N) is 2. The first kappa shape index (κ1) is 12.8. The van der Waals surface area contributed by atoms with Crippen LogP contribution in [0.2, 0.25) is 0 Å². The fourth-order valence-corrected chi connectivity index (χ4v) is 2.59. The van der Waals surface area contributed by atoms with Crippen molar-refractivity contribution in [1.29, 1.82) is 0 Å². The van der Waals surface area contributed by atoms with Gasteiger partial charge in [-0.1, -0.05) is 12.8 Å². The molecule has 1 aliphatic carbocycles. The summed E-state index contributed by atoms with van der Waals surface area (Å²) in [6.45, 7) is 4.02. The molecule has 0 bridgehead atoms. The molecule has 0 radical (unpaired) electrons. The second kappa shape index (κ2) is 6.36. The fourth-order valence-electron chi connectivity index (χ4n) is 2.59. The smallest absolute Gasteiger partial charge is 0.236 e. The lowest BCUT2D eigenvalue weighted by atomic mass is 10.2. The van der Waals surface area contributed by atoms with Gasteiger partial charge in [0.25, 0.3) is 0 Å². The van der Waals surface area contributed by atoms with Crippen LogP contribution >= 0.6 is 0 Å². The van der Waals surface area contributed by atoms with Gasteiger partial charge in [-0.25, -0.2) is 0 Å². The molecule has 0 aromatic heterocycles. The molecule has 1 saturated carbocycles. The highest BCUT2D eigenvalue weighted by Gasteiger charge is 2.30. The van der Waals surface area contributed by atoms with Crippen LogP contribution in [0.1, 0.15) is 38.5 Å². The Hall–Kier alpha value is -0.610. The average molecular weight is 239 g/mol. The van der Waals surface area contributed by atoms with Crippen LogP contribution in [0.25, 0.3) is 0 Å². The molecule has 98 valence electrons. The first-order chi connectivity index (χ1) is 8.31. The van der Waals surface area contributed by atoms with E-state index in [0.717, 1.165) is 19.6 Å². The van der Waals surface area contributed by atoms with Gasteiger partial charge in [-0.3, -0.25) is 9.69 Å². The van der Waals surface area contributed by atoms with Crippen molar-refractivity contribution in [2.24, 2.45) is 5.73 Å². The third-order valence-corrected chi connectivity index (χ3v) is 3.78. The summed E-state index contributed by atoms with van der Waals surface area (Å²) >= 11 is 0. The summed E-state index contributed by atoms with van der Waals surface area (Å²) < 4.78 is 0. The molecular weight excluding hydrogens is 214 g/mol. The third-order valence-electron chi connectivity index (χ3n) is 3.78. The summed E-state index contributed by atoms with van der Waals surface area (Å²) in [4.78, 5) is 16.5. The van der Waals surface area contributed by atoms with Gasteiger partial charge in [0, 0.05) is 32.2 Å². The molecule has 1 heterocycles. The molecule has 0 aromatic carbocycles. The summed E-state index contributed by atoms with van der Waals surface area (Å²) in [7, 11) is 0. The fraction of sp³-hybridized carbons (Fsp3) is 0.923. The largest absolute Gasteiger partial charge is 0.342 e. The third kappa shape index (κ3) is 3.96. The van der Waals surface area contributed by atoms with E-state index in [9.17, 15) is 4.79 Å². The van der Waals surface area contributed by atoms with E-state index < -0.39 is 0 Å². The van der Waals surface area contributed by atoms with E-state index in [2.05, 4.69) is 9.80 Å². The summed E-state index contributed by atoms with van der Waals surface area (Å²) in [5.41, 5.74) is 5.61. The maximum Gasteiger partial charge on any atom is 0.236 e. The Morgan fingerprint density at radius 1 is 1.18 bits per heavy atom. The Balaban J connectivity index is 1.80. The van der Waals surface area contributed by atoms with Gasteiger partial charge in [-0.05, 0) is 25.7 Å². The molecule has 0 atom stereocenters. The van der Waals surface area contributed by atoms with E-state index in [1.165, 1.54) is 38.5 Å². The number of amides is 1. The predicted molar refractivity (Wildman–Crippen MR) is 68.7 cm³/mol.